The summed E-state index contributed by atoms with van der Waals surface area (Å²) < 4.78 is 41.3. The highest BCUT2D eigenvalue weighted by Gasteiger charge is 2.34. The van der Waals surface area contributed by atoms with Gasteiger partial charge in [-0.15, -0.1) is 10.2 Å². The van der Waals surface area contributed by atoms with Crippen molar-refractivity contribution < 1.29 is 18.0 Å². The van der Waals surface area contributed by atoms with E-state index in [1.165, 1.54) is 12.1 Å². The lowest BCUT2D eigenvalue weighted by atomic mass is 9.92. The van der Waals surface area contributed by atoms with Crippen molar-refractivity contribution >= 4 is 11.6 Å². The van der Waals surface area contributed by atoms with Crippen LogP contribution in [0.5, 0.6) is 0 Å². The van der Waals surface area contributed by atoms with Crippen molar-refractivity contribution in [1.82, 2.24) is 14.8 Å². The molecule has 2 aromatic carbocycles. The zero-order valence-electron chi connectivity index (χ0n) is 15.4. The van der Waals surface area contributed by atoms with Crippen LogP contribution in [0, 0.1) is 6.92 Å². The number of carbonyl (C=O) groups excluding carboxylic acids is 1. The molecule has 0 aliphatic rings. The summed E-state index contributed by atoms with van der Waals surface area (Å²) in [5, 5.41) is 10.5. The number of hydrogen-bond acceptors (Lipinski definition) is 3. The second kappa shape index (κ2) is 7.84. The molecule has 0 aliphatic carbocycles. The predicted molar refractivity (Wildman–Crippen MR) is 99.2 cm³/mol. The zero-order valence-corrected chi connectivity index (χ0v) is 15.4. The molecule has 28 heavy (non-hydrogen) atoms. The summed E-state index contributed by atoms with van der Waals surface area (Å²) in [6, 6.07) is 12.4. The van der Waals surface area contributed by atoms with Crippen molar-refractivity contribution in [3.63, 3.8) is 0 Å². The minimum absolute atomic E-state index is 0.0665. The lowest BCUT2D eigenvalue weighted by Gasteiger charge is -2.18. The van der Waals surface area contributed by atoms with Crippen LogP contribution in [0.1, 0.15) is 36.2 Å². The van der Waals surface area contributed by atoms with Gasteiger partial charge in [-0.25, -0.2) is 0 Å². The first-order valence-electron chi connectivity index (χ1n) is 8.68. The summed E-state index contributed by atoms with van der Waals surface area (Å²) >= 11 is 0. The Hall–Kier alpha value is -3.16. The van der Waals surface area contributed by atoms with E-state index in [0.29, 0.717) is 11.5 Å². The predicted octanol–water partition coefficient (Wildman–Crippen LogP) is 4.73. The van der Waals surface area contributed by atoms with Crippen LogP contribution in [-0.4, -0.2) is 20.7 Å². The van der Waals surface area contributed by atoms with Crippen LogP contribution < -0.4 is 5.32 Å². The highest BCUT2D eigenvalue weighted by Crippen LogP contribution is 2.36. The quantitative estimate of drug-likeness (QED) is 0.688. The fourth-order valence-electron chi connectivity index (χ4n) is 3.06. The molecule has 0 bridgehead atoms. The van der Waals surface area contributed by atoms with E-state index in [2.05, 4.69) is 15.5 Å². The Kier molecular flexibility index (Phi) is 5.48. The van der Waals surface area contributed by atoms with Crippen molar-refractivity contribution in [3.8, 4) is 5.69 Å². The van der Waals surface area contributed by atoms with E-state index in [4.69, 9.17) is 0 Å². The number of nitrogens with zero attached hydrogens (tertiary/aromatic N) is 3. The smallest absolute Gasteiger partial charge is 0.326 e. The van der Waals surface area contributed by atoms with Gasteiger partial charge in [0.25, 0.3) is 0 Å². The van der Waals surface area contributed by atoms with Gasteiger partial charge in [0.15, 0.2) is 0 Å². The molecule has 1 atom stereocenters. The van der Waals surface area contributed by atoms with Gasteiger partial charge in [0.1, 0.15) is 12.2 Å². The molecule has 3 aromatic rings. The van der Waals surface area contributed by atoms with Crippen molar-refractivity contribution in [1.29, 1.82) is 0 Å². The Morgan fingerprint density at radius 2 is 1.93 bits per heavy atom. The Labute approximate surface area is 160 Å². The standard InChI is InChI=1S/C20H19F3N4O/c1-13(17-8-3-4-9-18(17)20(21,22)23)10-19(28)25-15-6-5-7-16(11-15)27-12-24-26-14(27)2/h3-9,11-13H,10H2,1-2H3,(H,25,28). The molecule has 3 rings (SSSR count). The SMILES string of the molecule is Cc1nncn1-c1cccc(NC(=O)CC(C)c2ccccc2C(F)(F)F)c1. The molecule has 0 aliphatic heterocycles. The number of nitrogens with one attached hydrogen (secondary N) is 1. The summed E-state index contributed by atoms with van der Waals surface area (Å²) in [7, 11) is 0. The van der Waals surface area contributed by atoms with Gasteiger partial charge in [-0.1, -0.05) is 31.2 Å². The first kappa shape index (κ1) is 19.6. The molecule has 0 saturated carbocycles. The lowest BCUT2D eigenvalue weighted by Crippen LogP contribution is -2.17. The number of anilines is 1. The number of amides is 1. The molecule has 0 radical (unpaired) electrons. The van der Waals surface area contributed by atoms with E-state index in [9.17, 15) is 18.0 Å². The monoisotopic (exact) mass is 388 g/mol. The number of benzene rings is 2. The second-order valence-corrected chi connectivity index (χ2v) is 6.54. The molecule has 1 heterocycles. The molecule has 5 nitrogen and oxygen atoms in total. The zero-order chi connectivity index (χ0) is 20.3. The van der Waals surface area contributed by atoms with Gasteiger partial charge in [-0.05, 0) is 42.7 Å². The Morgan fingerprint density at radius 1 is 1.18 bits per heavy atom. The van der Waals surface area contributed by atoms with Crippen LogP contribution in [0.25, 0.3) is 5.69 Å². The number of aryl methyl sites for hydroxylation is 1. The molecular formula is C20H19F3N4O. The van der Waals surface area contributed by atoms with E-state index in [-0.39, 0.29) is 17.9 Å². The summed E-state index contributed by atoms with van der Waals surface area (Å²) in [4.78, 5) is 12.4. The second-order valence-electron chi connectivity index (χ2n) is 6.54. The van der Waals surface area contributed by atoms with Crippen LogP contribution in [-0.2, 0) is 11.0 Å². The highest BCUT2D eigenvalue weighted by molar-refractivity contribution is 5.91. The largest absolute Gasteiger partial charge is 0.416 e. The fourth-order valence-corrected chi connectivity index (χ4v) is 3.06. The highest BCUT2D eigenvalue weighted by atomic mass is 19.4. The molecule has 8 heteroatoms. The molecule has 146 valence electrons. The topological polar surface area (TPSA) is 59.8 Å². The van der Waals surface area contributed by atoms with Crippen LogP contribution in [0.4, 0.5) is 18.9 Å². The van der Waals surface area contributed by atoms with Crippen LogP contribution in [0.15, 0.2) is 54.9 Å². The third-order valence-electron chi connectivity index (χ3n) is 4.41. The summed E-state index contributed by atoms with van der Waals surface area (Å²) in [5.74, 6) is -0.246. The maximum atomic E-state index is 13.2. The summed E-state index contributed by atoms with van der Waals surface area (Å²) in [6.45, 7) is 3.42. The van der Waals surface area contributed by atoms with E-state index in [1.807, 2.05) is 6.07 Å². The number of carbonyl (C=O) groups is 1. The summed E-state index contributed by atoms with van der Waals surface area (Å²) in [5.41, 5.74) is 0.724. The van der Waals surface area contributed by atoms with Gasteiger partial charge < -0.3 is 5.32 Å². The third kappa shape index (κ3) is 4.39. The average Bonchev–Trinajstić information content (AvgIpc) is 3.07. The van der Waals surface area contributed by atoms with Crippen LogP contribution >= 0.6 is 0 Å². The molecular weight excluding hydrogens is 369 g/mol. The molecule has 1 N–H and O–H groups in total. The van der Waals surface area contributed by atoms with Gasteiger partial charge in [-0.3, -0.25) is 9.36 Å². The number of aromatic nitrogens is 3. The van der Waals surface area contributed by atoms with E-state index in [0.717, 1.165) is 11.8 Å². The van der Waals surface area contributed by atoms with E-state index < -0.39 is 17.7 Å². The van der Waals surface area contributed by atoms with Gasteiger partial charge in [0.2, 0.25) is 5.91 Å². The molecule has 0 fully saturated rings. The fraction of sp³-hybridized carbons (Fsp3) is 0.250. The normalized spacial score (nSPS) is 12.6. The lowest BCUT2D eigenvalue weighted by molar-refractivity contribution is -0.138. The molecule has 0 spiro atoms. The maximum absolute atomic E-state index is 13.2. The number of halogens is 3. The number of rotatable bonds is 5. The van der Waals surface area contributed by atoms with Crippen molar-refractivity contribution in [2.24, 2.45) is 0 Å². The molecule has 1 amide bonds. The van der Waals surface area contributed by atoms with E-state index in [1.54, 1.807) is 49.0 Å². The van der Waals surface area contributed by atoms with Crippen molar-refractivity contribution in [2.75, 3.05) is 5.32 Å². The third-order valence-corrected chi connectivity index (χ3v) is 4.41. The molecule has 1 aromatic heterocycles. The Balaban J connectivity index is 1.73. The minimum Gasteiger partial charge on any atom is -0.326 e. The minimum atomic E-state index is -4.45. The molecule has 0 saturated heterocycles. The average molecular weight is 388 g/mol. The van der Waals surface area contributed by atoms with Crippen LogP contribution in [0.3, 0.4) is 0 Å². The van der Waals surface area contributed by atoms with Gasteiger partial charge in [-0.2, -0.15) is 13.2 Å². The van der Waals surface area contributed by atoms with Gasteiger partial charge in [0.05, 0.1) is 11.3 Å². The van der Waals surface area contributed by atoms with E-state index >= 15 is 0 Å². The van der Waals surface area contributed by atoms with Gasteiger partial charge in [0, 0.05) is 12.1 Å². The van der Waals surface area contributed by atoms with Crippen molar-refractivity contribution in [3.05, 3.63) is 71.8 Å². The van der Waals surface area contributed by atoms with Gasteiger partial charge >= 0.3 is 6.18 Å². The first-order valence-corrected chi connectivity index (χ1v) is 8.68. The Morgan fingerprint density at radius 3 is 2.61 bits per heavy atom. The first-order chi connectivity index (χ1) is 13.3. The number of hydrogen-bond donors (Lipinski definition) is 1. The Bertz CT molecular complexity index is 981. The van der Waals surface area contributed by atoms with Crippen molar-refractivity contribution in [2.45, 2.75) is 32.4 Å². The number of alkyl halides is 3. The maximum Gasteiger partial charge on any atom is 0.416 e. The summed E-state index contributed by atoms with van der Waals surface area (Å²) in [6.07, 6.45) is -2.96. The molecule has 1 unspecified atom stereocenters. The van der Waals surface area contributed by atoms with Crippen LogP contribution in [0.2, 0.25) is 0 Å².